The van der Waals surface area contributed by atoms with Crippen molar-refractivity contribution in [3.8, 4) is 0 Å². The number of anilines is 1. The molecular weight excluding hydrogens is 252 g/mol. The van der Waals surface area contributed by atoms with E-state index in [2.05, 4.69) is 20.7 Å². The zero-order valence-electron chi connectivity index (χ0n) is 10.6. The molecule has 0 atom stereocenters. The fraction of sp³-hybridized carbons (Fsp3) is 0. The van der Waals surface area contributed by atoms with E-state index in [1.54, 1.807) is 24.3 Å². The topological polar surface area (TPSA) is 70.7 Å². The predicted octanol–water partition coefficient (Wildman–Crippen LogP) is 2.61. The molecule has 3 rings (SSSR count). The number of carbonyl (C=O) groups is 1. The summed E-state index contributed by atoms with van der Waals surface area (Å²) in [6.45, 7) is 0. The molecule has 5 nitrogen and oxygen atoms in total. The molecule has 0 saturated heterocycles. The van der Waals surface area contributed by atoms with Crippen LogP contribution in [0.3, 0.4) is 0 Å². The van der Waals surface area contributed by atoms with Gasteiger partial charge in [0.25, 0.3) is 0 Å². The summed E-state index contributed by atoms with van der Waals surface area (Å²) < 4.78 is 0. The maximum absolute atomic E-state index is 11.8. The van der Waals surface area contributed by atoms with E-state index in [-0.39, 0.29) is 5.91 Å². The van der Waals surface area contributed by atoms with Crippen molar-refractivity contribution in [3.05, 3.63) is 60.2 Å². The van der Waals surface area contributed by atoms with Crippen molar-refractivity contribution in [3.63, 3.8) is 0 Å². The summed E-state index contributed by atoms with van der Waals surface area (Å²) in [5.41, 5.74) is 3.15. The minimum absolute atomic E-state index is 0.184. The maximum atomic E-state index is 11.8. The molecule has 0 unspecified atom stereocenters. The van der Waals surface area contributed by atoms with Crippen LogP contribution in [0.15, 0.2) is 54.6 Å². The summed E-state index contributed by atoms with van der Waals surface area (Å²) in [5.74, 6) is -0.184. The molecule has 98 valence electrons. The smallest absolute Gasteiger partial charge is 0.248 e. The predicted molar refractivity (Wildman–Crippen MR) is 78.0 cm³/mol. The van der Waals surface area contributed by atoms with Gasteiger partial charge in [0.05, 0.1) is 0 Å². The van der Waals surface area contributed by atoms with E-state index in [1.807, 2.05) is 30.3 Å². The highest BCUT2D eigenvalue weighted by molar-refractivity contribution is 6.02. The standard InChI is InChI=1S/C15H12N4O/c20-15(9-6-11-4-2-1-3-5-11)16-12-7-8-13-14(10-12)18-19-17-13/h1-10H,(H,16,20)(H,17,18,19). The number of aromatic nitrogens is 3. The van der Waals surface area contributed by atoms with Crippen LogP contribution in [0.5, 0.6) is 0 Å². The Kier molecular flexibility index (Phi) is 3.24. The Hall–Kier alpha value is -2.95. The highest BCUT2D eigenvalue weighted by atomic mass is 16.1. The third kappa shape index (κ3) is 2.72. The number of nitrogens with one attached hydrogen (secondary N) is 2. The monoisotopic (exact) mass is 264 g/mol. The molecule has 0 saturated carbocycles. The number of benzene rings is 2. The first-order chi connectivity index (χ1) is 9.81. The molecule has 0 aliphatic carbocycles. The Bertz CT molecular complexity index is 762. The summed E-state index contributed by atoms with van der Waals surface area (Å²) in [6.07, 6.45) is 3.27. The normalized spacial score (nSPS) is 11.0. The van der Waals surface area contributed by atoms with Crippen LogP contribution in [-0.2, 0) is 4.79 Å². The summed E-state index contributed by atoms with van der Waals surface area (Å²) in [6, 6.07) is 15.0. The van der Waals surface area contributed by atoms with E-state index in [4.69, 9.17) is 0 Å². The van der Waals surface area contributed by atoms with E-state index < -0.39 is 0 Å². The van der Waals surface area contributed by atoms with Crippen LogP contribution >= 0.6 is 0 Å². The Morgan fingerprint density at radius 1 is 1.05 bits per heavy atom. The lowest BCUT2D eigenvalue weighted by Gasteiger charge is -2.01. The van der Waals surface area contributed by atoms with Gasteiger partial charge in [0.1, 0.15) is 11.0 Å². The Morgan fingerprint density at radius 3 is 2.70 bits per heavy atom. The number of fused-ring (bicyclic) bond motifs is 1. The van der Waals surface area contributed by atoms with Crippen molar-refractivity contribution in [2.24, 2.45) is 0 Å². The average molecular weight is 264 g/mol. The van der Waals surface area contributed by atoms with Crippen LogP contribution in [0.1, 0.15) is 5.56 Å². The number of hydrogen-bond donors (Lipinski definition) is 2. The molecule has 0 radical (unpaired) electrons. The maximum Gasteiger partial charge on any atom is 0.248 e. The van der Waals surface area contributed by atoms with Gasteiger partial charge in [0.15, 0.2) is 0 Å². The second-order valence-electron chi connectivity index (χ2n) is 4.26. The molecule has 1 heterocycles. The van der Waals surface area contributed by atoms with Gasteiger partial charge in [0, 0.05) is 11.8 Å². The number of carbonyl (C=O) groups excluding carboxylic acids is 1. The van der Waals surface area contributed by atoms with Crippen LogP contribution in [0.2, 0.25) is 0 Å². The van der Waals surface area contributed by atoms with E-state index in [0.717, 1.165) is 16.6 Å². The molecule has 0 aliphatic rings. The van der Waals surface area contributed by atoms with Crippen LogP contribution in [0, 0.1) is 0 Å². The van der Waals surface area contributed by atoms with Gasteiger partial charge in [-0.2, -0.15) is 15.4 Å². The Morgan fingerprint density at radius 2 is 1.85 bits per heavy atom. The fourth-order valence-electron chi connectivity index (χ4n) is 1.84. The van der Waals surface area contributed by atoms with Crippen molar-refractivity contribution in [2.45, 2.75) is 0 Å². The zero-order valence-corrected chi connectivity index (χ0v) is 10.6. The zero-order chi connectivity index (χ0) is 13.8. The first-order valence-corrected chi connectivity index (χ1v) is 6.16. The molecule has 0 spiro atoms. The lowest BCUT2D eigenvalue weighted by molar-refractivity contribution is -0.111. The van der Waals surface area contributed by atoms with Gasteiger partial charge < -0.3 is 5.32 Å². The quantitative estimate of drug-likeness (QED) is 0.714. The van der Waals surface area contributed by atoms with Crippen molar-refractivity contribution in [1.29, 1.82) is 0 Å². The third-order valence-electron chi connectivity index (χ3n) is 2.81. The highest BCUT2D eigenvalue weighted by Crippen LogP contribution is 2.14. The first kappa shape index (κ1) is 12.1. The Labute approximate surface area is 115 Å². The molecular formula is C15H12N4O. The van der Waals surface area contributed by atoms with Gasteiger partial charge in [-0.15, -0.1) is 0 Å². The number of H-pyrrole nitrogens is 1. The molecule has 0 fully saturated rings. The average Bonchev–Trinajstić information content (AvgIpc) is 2.94. The second-order valence-corrected chi connectivity index (χ2v) is 4.26. The Balaban J connectivity index is 1.70. The fourth-order valence-corrected chi connectivity index (χ4v) is 1.84. The first-order valence-electron chi connectivity index (χ1n) is 6.16. The molecule has 5 heteroatoms. The number of hydrogen-bond acceptors (Lipinski definition) is 3. The summed E-state index contributed by atoms with van der Waals surface area (Å²) in [4.78, 5) is 11.8. The van der Waals surface area contributed by atoms with E-state index in [0.29, 0.717) is 5.69 Å². The van der Waals surface area contributed by atoms with E-state index in [1.165, 1.54) is 6.08 Å². The molecule has 0 aliphatic heterocycles. The molecule has 2 aromatic carbocycles. The highest BCUT2D eigenvalue weighted by Gasteiger charge is 2.02. The van der Waals surface area contributed by atoms with Gasteiger partial charge in [-0.25, -0.2) is 0 Å². The molecule has 2 N–H and O–H groups in total. The van der Waals surface area contributed by atoms with Gasteiger partial charge in [0.2, 0.25) is 5.91 Å². The van der Waals surface area contributed by atoms with Gasteiger partial charge >= 0.3 is 0 Å². The van der Waals surface area contributed by atoms with Gasteiger partial charge in [-0.1, -0.05) is 30.3 Å². The molecule has 1 amide bonds. The third-order valence-corrected chi connectivity index (χ3v) is 2.81. The largest absolute Gasteiger partial charge is 0.322 e. The number of amides is 1. The number of nitrogens with zero attached hydrogens (tertiary/aromatic N) is 2. The molecule has 0 bridgehead atoms. The van der Waals surface area contributed by atoms with Crippen LogP contribution in [-0.4, -0.2) is 21.3 Å². The summed E-state index contributed by atoms with van der Waals surface area (Å²) >= 11 is 0. The van der Waals surface area contributed by atoms with E-state index in [9.17, 15) is 4.79 Å². The molecule has 1 aromatic heterocycles. The van der Waals surface area contributed by atoms with Crippen molar-refractivity contribution < 1.29 is 4.79 Å². The number of rotatable bonds is 3. The molecule has 3 aromatic rings. The van der Waals surface area contributed by atoms with Crippen molar-refractivity contribution >= 4 is 28.7 Å². The van der Waals surface area contributed by atoms with Crippen LogP contribution in [0.25, 0.3) is 17.1 Å². The minimum atomic E-state index is -0.184. The van der Waals surface area contributed by atoms with Gasteiger partial charge in [-0.05, 0) is 29.8 Å². The van der Waals surface area contributed by atoms with E-state index >= 15 is 0 Å². The summed E-state index contributed by atoms with van der Waals surface area (Å²) in [5, 5.41) is 13.3. The lowest BCUT2D eigenvalue weighted by atomic mass is 10.2. The lowest BCUT2D eigenvalue weighted by Crippen LogP contribution is -2.07. The summed E-state index contributed by atoms with van der Waals surface area (Å²) in [7, 11) is 0. The van der Waals surface area contributed by atoms with Gasteiger partial charge in [-0.3, -0.25) is 4.79 Å². The minimum Gasteiger partial charge on any atom is -0.322 e. The van der Waals surface area contributed by atoms with Crippen molar-refractivity contribution in [1.82, 2.24) is 15.4 Å². The SMILES string of the molecule is O=C(C=Cc1ccccc1)Nc1ccc2n[nH]nc2c1. The van der Waals surface area contributed by atoms with Crippen molar-refractivity contribution in [2.75, 3.05) is 5.32 Å². The van der Waals surface area contributed by atoms with Crippen LogP contribution < -0.4 is 5.32 Å². The molecule has 20 heavy (non-hydrogen) atoms. The second kappa shape index (κ2) is 5.36. The van der Waals surface area contributed by atoms with Crippen LogP contribution in [0.4, 0.5) is 5.69 Å². The number of aromatic amines is 1.